The third-order valence-corrected chi connectivity index (χ3v) is 3.74. The second-order valence-corrected chi connectivity index (χ2v) is 5.85. The van der Waals surface area contributed by atoms with Gasteiger partial charge in [-0.1, -0.05) is 30.1 Å². The van der Waals surface area contributed by atoms with Crippen LogP contribution in [0.3, 0.4) is 0 Å². The highest BCUT2D eigenvalue weighted by molar-refractivity contribution is 8.00. The van der Waals surface area contributed by atoms with E-state index < -0.39 is 5.97 Å². The lowest BCUT2D eigenvalue weighted by Gasteiger charge is -2.12. The van der Waals surface area contributed by atoms with Crippen LogP contribution >= 0.6 is 35.0 Å². The molecule has 0 saturated carbocycles. The van der Waals surface area contributed by atoms with Crippen LogP contribution in [-0.4, -0.2) is 35.1 Å². The van der Waals surface area contributed by atoms with E-state index in [2.05, 4.69) is 5.32 Å². The Labute approximate surface area is 136 Å². The molecule has 1 aromatic carbocycles. The summed E-state index contributed by atoms with van der Waals surface area (Å²) in [5.74, 6) is -0.973. The topological polar surface area (TPSA) is 75.6 Å². The summed E-state index contributed by atoms with van der Waals surface area (Å²) in [6, 6.07) is 3.05. The van der Waals surface area contributed by atoms with Gasteiger partial charge in [0, 0.05) is 6.07 Å². The molecule has 21 heavy (non-hydrogen) atoms. The molecule has 0 unspecified atom stereocenters. The molecule has 0 radical (unpaired) electrons. The number of hydrogen-bond donors (Lipinski definition) is 2. The minimum Gasteiger partial charge on any atom is -0.492 e. The monoisotopic (exact) mass is 351 g/mol. The lowest BCUT2D eigenvalue weighted by atomic mass is 10.3. The maximum absolute atomic E-state index is 11.7. The molecule has 116 valence electrons. The van der Waals surface area contributed by atoms with Crippen molar-refractivity contribution in [2.24, 2.45) is 0 Å². The number of benzene rings is 1. The van der Waals surface area contributed by atoms with Crippen molar-refractivity contribution < 1.29 is 19.4 Å². The van der Waals surface area contributed by atoms with Gasteiger partial charge >= 0.3 is 5.97 Å². The van der Waals surface area contributed by atoms with E-state index in [-0.39, 0.29) is 17.4 Å². The molecular formula is C13H15Cl2NO4S. The number of carboxylic acid groups (broad SMARTS) is 1. The van der Waals surface area contributed by atoms with Gasteiger partial charge in [-0.3, -0.25) is 9.59 Å². The maximum Gasteiger partial charge on any atom is 0.313 e. The Bertz CT molecular complexity index is 525. The summed E-state index contributed by atoms with van der Waals surface area (Å²) in [7, 11) is 0. The van der Waals surface area contributed by atoms with Crippen LogP contribution in [0.15, 0.2) is 12.1 Å². The number of halogens is 2. The molecule has 0 aromatic heterocycles. The number of ether oxygens (including phenoxy) is 1. The minimum atomic E-state index is -0.965. The second-order valence-electron chi connectivity index (χ2n) is 4.05. The Kier molecular flexibility index (Phi) is 7.71. The number of carbonyl (C=O) groups is 2. The quantitative estimate of drug-likeness (QED) is 0.749. The Morgan fingerprint density at radius 2 is 2.00 bits per heavy atom. The van der Waals surface area contributed by atoms with Crippen molar-refractivity contribution in [2.45, 2.75) is 13.3 Å². The van der Waals surface area contributed by atoms with Crippen molar-refractivity contribution in [3.05, 3.63) is 22.2 Å². The van der Waals surface area contributed by atoms with Gasteiger partial charge in [-0.25, -0.2) is 0 Å². The fourth-order valence-electron chi connectivity index (χ4n) is 1.36. The van der Waals surface area contributed by atoms with Crippen LogP contribution in [-0.2, 0) is 9.59 Å². The van der Waals surface area contributed by atoms with Gasteiger partial charge in [0.15, 0.2) is 0 Å². The second kappa shape index (κ2) is 9.02. The fourth-order valence-corrected chi connectivity index (χ4v) is 2.38. The van der Waals surface area contributed by atoms with Gasteiger partial charge in [-0.05, 0) is 12.5 Å². The summed E-state index contributed by atoms with van der Waals surface area (Å²) >= 11 is 13.0. The summed E-state index contributed by atoms with van der Waals surface area (Å²) in [6.07, 6.45) is 0.826. The Hall–Kier alpha value is -1.11. The number of nitrogens with one attached hydrogen (secondary N) is 1. The normalized spacial score (nSPS) is 10.2. The number of aliphatic carboxylic acids is 1. The van der Waals surface area contributed by atoms with Crippen molar-refractivity contribution in [1.82, 2.24) is 0 Å². The third kappa shape index (κ3) is 6.46. The molecule has 8 heteroatoms. The molecule has 5 nitrogen and oxygen atoms in total. The number of hydrogen-bond acceptors (Lipinski definition) is 4. The van der Waals surface area contributed by atoms with Crippen molar-refractivity contribution in [3.8, 4) is 5.75 Å². The number of thioether (sulfide) groups is 1. The number of amides is 1. The van der Waals surface area contributed by atoms with Crippen LogP contribution in [0.2, 0.25) is 10.0 Å². The minimum absolute atomic E-state index is 0.0242. The molecule has 0 aliphatic heterocycles. The summed E-state index contributed by atoms with van der Waals surface area (Å²) in [5.41, 5.74) is 0.382. The molecule has 1 rings (SSSR count). The average molecular weight is 352 g/mol. The zero-order chi connectivity index (χ0) is 15.8. The van der Waals surface area contributed by atoms with Gasteiger partial charge in [0.1, 0.15) is 5.75 Å². The first-order chi connectivity index (χ1) is 9.93. The standard InChI is InChI=1S/C13H15Cl2NO4S/c1-2-3-20-11-5-10(8(14)4-9(11)15)16-12(17)6-21-7-13(18)19/h4-5H,2-3,6-7H2,1H3,(H,16,17)(H,18,19). The van der Waals surface area contributed by atoms with Crippen molar-refractivity contribution >= 4 is 52.5 Å². The molecule has 0 heterocycles. The van der Waals surface area contributed by atoms with E-state index in [1.54, 1.807) is 6.07 Å². The molecule has 0 atom stereocenters. The van der Waals surface area contributed by atoms with Gasteiger partial charge in [-0.2, -0.15) is 0 Å². The molecule has 1 aromatic rings. The van der Waals surface area contributed by atoms with E-state index in [0.717, 1.165) is 18.2 Å². The van der Waals surface area contributed by atoms with Crippen molar-refractivity contribution in [2.75, 3.05) is 23.4 Å². The number of carbonyl (C=O) groups excluding carboxylic acids is 1. The van der Waals surface area contributed by atoms with Gasteiger partial charge in [0.05, 0.1) is 33.8 Å². The molecule has 0 aliphatic rings. The molecular weight excluding hydrogens is 337 g/mol. The van der Waals surface area contributed by atoms with Crippen LogP contribution in [0.25, 0.3) is 0 Å². The number of carboxylic acids is 1. The highest BCUT2D eigenvalue weighted by Crippen LogP contribution is 2.34. The largest absolute Gasteiger partial charge is 0.492 e. The van der Waals surface area contributed by atoms with Crippen LogP contribution in [0.5, 0.6) is 5.75 Å². The summed E-state index contributed by atoms with van der Waals surface area (Å²) in [4.78, 5) is 22.1. The molecule has 0 aliphatic carbocycles. The molecule has 0 bridgehead atoms. The van der Waals surface area contributed by atoms with Gasteiger partial charge < -0.3 is 15.2 Å². The average Bonchev–Trinajstić information content (AvgIpc) is 2.40. The van der Waals surface area contributed by atoms with Gasteiger partial charge in [-0.15, -0.1) is 11.8 Å². The fraction of sp³-hybridized carbons (Fsp3) is 0.385. The first-order valence-electron chi connectivity index (χ1n) is 6.15. The predicted molar refractivity (Wildman–Crippen MR) is 85.8 cm³/mol. The van der Waals surface area contributed by atoms with Crippen molar-refractivity contribution in [3.63, 3.8) is 0 Å². The zero-order valence-corrected chi connectivity index (χ0v) is 13.6. The zero-order valence-electron chi connectivity index (χ0n) is 11.3. The number of rotatable bonds is 8. The predicted octanol–water partition coefficient (Wildman–Crippen LogP) is 3.54. The van der Waals surface area contributed by atoms with E-state index in [9.17, 15) is 9.59 Å². The smallest absolute Gasteiger partial charge is 0.313 e. The third-order valence-electron chi connectivity index (χ3n) is 2.22. The van der Waals surface area contributed by atoms with E-state index >= 15 is 0 Å². The van der Waals surface area contributed by atoms with E-state index in [4.69, 9.17) is 33.0 Å². The number of anilines is 1. The molecule has 1 amide bonds. The van der Waals surface area contributed by atoms with E-state index in [1.807, 2.05) is 6.92 Å². The first-order valence-corrected chi connectivity index (χ1v) is 8.06. The summed E-state index contributed by atoms with van der Waals surface area (Å²) in [6.45, 7) is 2.47. The molecule has 0 saturated heterocycles. The van der Waals surface area contributed by atoms with Crippen LogP contribution in [0.1, 0.15) is 13.3 Å². The molecule has 0 fully saturated rings. The maximum atomic E-state index is 11.7. The Balaban J connectivity index is 2.68. The molecule has 2 N–H and O–H groups in total. The van der Waals surface area contributed by atoms with Crippen molar-refractivity contribution in [1.29, 1.82) is 0 Å². The van der Waals surface area contributed by atoms with E-state index in [0.29, 0.717) is 28.1 Å². The Morgan fingerprint density at radius 3 is 2.62 bits per heavy atom. The summed E-state index contributed by atoms with van der Waals surface area (Å²) < 4.78 is 5.45. The Morgan fingerprint density at radius 1 is 1.29 bits per heavy atom. The SMILES string of the molecule is CCCOc1cc(NC(=O)CSCC(=O)O)c(Cl)cc1Cl. The molecule has 0 spiro atoms. The van der Waals surface area contributed by atoms with Gasteiger partial charge in [0.25, 0.3) is 0 Å². The van der Waals surface area contributed by atoms with Crippen LogP contribution in [0.4, 0.5) is 5.69 Å². The van der Waals surface area contributed by atoms with Crippen LogP contribution in [0, 0.1) is 0 Å². The highest BCUT2D eigenvalue weighted by atomic mass is 35.5. The van der Waals surface area contributed by atoms with E-state index in [1.165, 1.54) is 6.07 Å². The first kappa shape index (κ1) is 17.9. The lowest BCUT2D eigenvalue weighted by Crippen LogP contribution is -2.15. The summed E-state index contributed by atoms with van der Waals surface area (Å²) in [5, 5.41) is 11.8. The highest BCUT2D eigenvalue weighted by Gasteiger charge is 2.11. The van der Waals surface area contributed by atoms with Gasteiger partial charge in [0.2, 0.25) is 5.91 Å². The van der Waals surface area contributed by atoms with Crippen LogP contribution < -0.4 is 10.1 Å². The lowest BCUT2D eigenvalue weighted by molar-refractivity contribution is -0.133.